The van der Waals surface area contributed by atoms with Gasteiger partial charge in [-0.1, -0.05) is 67.1 Å². The Kier molecular flexibility index (Phi) is 8.59. The van der Waals surface area contributed by atoms with Crippen LogP contribution < -0.4 is 10.6 Å². The number of halogens is 3. The molecule has 0 spiro atoms. The Morgan fingerprint density at radius 2 is 2.00 bits per heavy atom. The van der Waals surface area contributed by atoms with E-state index in [4.69, 9.17) is 34.8 Å². The van der Waals surface area contributed by atoms with Crippen LogP contribution in [-0.2, 0) is 4.79 Å². The lowest BCUT2D eigenvalue weighted by Crippen LogP contribution is -2.49. The van der Waals surface area contributed by atoms with Crippen LogP contribution in [0.4, 0.5) is 11.4 Å². The average Bonchev–Trinajstić information content (AvgIpc) is 2.50. The number of rotatable bonds is 9. The van der Waals surface area contributed by atoms with Gasteiger partial charge >= 0.3 is 0 Å². The van der Waals surface area contributed by atoms with E-state index < -0.39 is 14.9 Å². The zero-order valence-electron chi connectivity index (χ0n) is 13.2. The number of anilines is 1. The molecule has 0 heterocycles. The number of non-ortho nitro benzene ring substituents is 1. The van der Waals surface area contributed by atoms with Gasteiger partial charge in [0.15, 0.2) is 0 Å². The first-order valence-corrected chi connectivity index (χ1v) is 8.74. The van der Waals surface area contributed by atoms with Crippen molar-refractivity contribution in [3.8, 4) is 0 Å². The minimum atomic E-state index is -1.82. The average molecular weight is 397 g/mol. The zero-order valence-corrected chi connectivity index (χ0v) is 15.5. The molecule has 1 aromatic carbocycles. The summed E-state index contributed by atoms with van der Waals surface area (Å²) in [5.74, 6) is -0.250. The molecule has 24 heavy (non-hydrogen) atoms. The summed E-state index contributed by atoms with van der Waals surface area (Å²) in [5, 5.41) is 16.2. The summed E-state index contributed by atoms with van der Waals surface area (Å²) in [5.41, 5.74) is 0.265. The van der Waals surface area contributed by atoms with Crippen LogP contribution in [0.2, 0.25) is 0 Å². The van der Waals surface area contributed by atoms with Gasteiger partial charge in [0.25, 0.3) is 5.69 Å². The molecule has 0 bridgehead atoms. The molecule has 1 atom stereocenters. The smallest absolute Gasteiger partial charge is 0.271 e. The van der Waals surface area contributed by atoms with Crippen LogP contribution in [0.25, 0.3) is 0 Å². The summed E-state index contributed by atoms with van der Waals surface area (Å²) in [7, 11) is 0. The van der Waals surface area contributed by atoms with Crippen molar-refractivity contribution in [2.24, 2.45) is 0 Å². The molecular formula is C15H20Cl3N3O3. The van der Waals surface area contributed by atoms with Crippen molar-refractivity contribution >= 4 is 52.1 Å². The fraction of sp³-hybridized carbons (Fsp3) is 0.533. The quantitative estimate of drug-likeness (QED) is 0.207. The van der Waals surface area contributed by atoms with Crippen LogP contribution in [0.5, 0.6) is 0 Å². The summed E-state index contributed by atoms with van der Waals surface area (Å²) in [4.78, 5) is 22.3. The molecule has 6 nitrogen and oxygen atoms in total. The Bertz CT molecular complexity index is 564. The molecule has 1 rings (SSSR count). The van der Waals surface area contributed by atoms with Gasteiger partial charge in [-0.15, -0.1) is 0 Å². The molecule has 134 valence electrons. The number of amides is 1. The summed E-state index contributed by atoms with van der Waals surface area (Å²) in [6.45, 7) is 2.09. The van der Waals surface area contributed by atoms with Gasteiger partial charge in [0.2, 0.25) is 9.70 Å². The third-order valence-corrected chi connectivity index (χ3v) is 3.91. The molecule has 0 aromatic heterocycles. The molecule has 0 aliphatic heterocycles. The molecule has 0 aliphatic carbocycles. The third kappa shape index (κ3) is 7.55. The van der Waals surface area contributed by atoms with E-state index in [9.17, 15) is 14.9 Å². The first-order valence-electron chi connectivity index (χ1n) is 7.61. The summed E-state index contributed by atoms with van der Waals surface area (Å²) in [6.07, 6.45) is 3.17. The van der Waals surface area contributed by atoms with Crippen LogP contribution >= 0.6 is 34.8 Å². The van der Waals surface area contributed by atoms with Crippen LogP contribution in [-0.4, -0.2) is 20.8 Å². The van der Waals surface area contributed by atoms with Gasteiger partial charge in [-0.2, -0.15) is 0 Å². The van der Waals surface area contributed by atoms with Crippen molar-refractivity contribution in [2.75, 3.05) is 5.32 Å². The number of hydrogen-bond acceptors (Lipinski definition) is 4. The number of nitrogens with one attached hydrogen (secondary N) is 2. The standard InChI is InChI=1S/C15H20Cl3N3O3/c1-2-3-4-5-9-13(22)20-14(15(16,17)18)19-11-7-6-8-12(10-11)21(23)24/h6-8,10,14,19H,2-5,9H2,1H3,(H,20,22). The second kappa shape index (κ2) is 9.91. The van der Waals surface area contributed by atoms with Crippen molar-refractivity contribution in [1.29, 1.82) is 0 Å². The van der Waals surface area contributed by atoms with Gasteiger partial charge in [0.05, 0.1) is 4.92 Å². The topological polar surface area (TPSA) is 84.3 Å². The minimum absolute atomic E-state index is 0.103. The molecule has 0 fully saturated rings. The van der Waals surface area contributed by atoms with E-state index in [1.54, 1.807) is 6.07 Å². The second-order valence-electron chi connectivity index (χ2n) is 5.30. The van der Waals surface area contributed by atoms with Crippen LogP contribution in [0, 0.1) is 10.1 Å². The number of carbonyl (C=O) groups excluding carboxylic acids is 1. The highest BCUT2D eigenvalue weighted by molar-refractivity contribution is 6.68. The highest BCUT2D eigenvalue weighted by atomic mass is 35.6. The summed E-state index contributed by atoms with van der Waals surface area (Å²) < 4.78 is -1.82. The van der Waals surface area contributed by atoms with E-state index in [0.29, 0.717) is 12.1 Å². The number of hydrogen-bond donors (Lipinski definition) is 2. The highest BCUT2D eigenvalue weighted by Crippen LogP contribution is 2.31. The summed E-state index contributed by atoms with van der Waals surface area (Å²) >= 11 is 17.7. The fourth-order valence-corrected chi connectivity index (χ4v) is 2.35. The number of carbonyl (C=O) groups is 1. The maximum atomic E-state index is 12.0. The molecule has 9 heteroatoms. The second-order valence-corrected chi connectivity index (χ2v) is 7.67. The van der Waals surface area contributed by atoms with Crippen molar-refractivity contribution in [3.63, 3.8) is 0 Å². The molecule has 0 aliphatic rings. The molecule has 0 saturated carbocycles. The first kappa shape index (κ1) is 20.8. The Hall–Kier alpha value is -1.24. The highest BCUT2D eigenvalue weighted by Gasteiger charge is 2.34. The predicted molar refractivity (Wildman–Crippen MR) is 97.7 cm³/mol. The number of benzene rings is 1. The molecular weight excluding hydrogens is 377 g/mol. The van der Waals surface area contributed by atoms with Gasteiger partial charge in [-0.25, -0.2) is 0 Å². The van der Waals surface area contributed by atoms with Crippen molar-refractivity contribution in [1.82, 2.24) is 5.32 Å². The fourth-order valence-electron chi connectivity index (χ4n) is 2.02. The van der Waals surface area contributed by atoms with E-state index in [2.05, 4.69) is 17.6 Å². The number of nitrogens with zero attached hydrogens (tertiary/aromatic N) is 1. The van der Waals surface area contributed by atoms with E-state index in [0.717, 1.165) is 25.7 Å². The number of alkyl halides is 3. The summed E-state index contributed by atoms with van der Waals surface area (Å²) in [6, 6.07) is 5.74. The van der Waals surface area contributed by atoms with Gasteiger partial charge in [0, 0.05) is 24.2 Å². The predicted octanol–water partition coefficient (Wildman–Crippen LogP) is 4.79. The lowest BCUT2D eigenvalue weighted by atomic mass is 10.1. The first-order chi connectivity index (χ1) is 11.2. The Balaban J connectivity index is 2.71. The maximum Gasteiger partial charge on any atom is 0.271 e. The largest absolute Gasteiger partial charge is 0.362 e. The van der Waals surface area contributed by atoms with Gasteiger partial charge in [-0.3, -0.25) is 14.9 Å². The SMILES string of the molecule is CCCCCCC(=O)NC(Nc1cccc([N+](=O)[O-])c1)C(Cl)(Cl)Cl. The Morgan fingerprint density at radius 1 is 1.29 bits per heavy atom. The van der Waals surface area contributed by atoms with Crippen LogP contribution in [0.1, 0.15) is 39.0 Å². The van der Waals surface area contributed by atoms with E-state index in [1.807, 2.05) is 0 Å². The van der Waals surface area contributed by atoms with Gasteiger partial charge < -0.3 is 10.6 Å². The molecule has 1 aromatic rings. The Labute approximate surface area is 156 Å². The molecule has 0 saturated heterocycles. The number of unbranched alkanes of at least 4 members (excludes halogenated alkanes) is 3. The molecule has 1 unspecified atom stereocenters. The van der Waals surface area contributed by atoms with Crippen LogP contribution in [0.15, 0.2) is 24.3 Å². The molecule has 2 N–H and O–H groups in total. The van der Waals surface area contributed by atoms with E-state index in [-0.39, 0.29) is 11.6 Å². The normalized spacial score (nSPS) is 12.5. The number of nitro groups is 1. The van der Waals surface area contributed by atoms with E-state index in [1.165, 1.54) is 18.2 Å². The van der Waals surface area contributed by atoms with Crippen LogP contribution in [0.3, 0.4) is 0 Å². The lowest BCUT2D eigenvalue weighted by Gasteiger charge is -2.27. The minimum Gasteiger partial charge on any atom is -0.362 e. The zero-order chi connectivity index (χ0) is 18.2. The van der Waals surface area contributed by atoms with Gasteiger partial charge in [-0.05, 0) is 12.5 Å². The third-order valence-electron chi connectivity index (χ3n) is 3.26. The lowest BCUT2D eigenvalue weighted by molar-refractivity contribution is -0.384. The van der Waals surface area contributed by atoms with E-state index >= 15 is 0 Å². The molecule has 0 radical (unpaired) electrons. The molecule has 1 amide bonds. The Morgan fingerprint density at radius 3 is 2.58 bits per heavy atom. The van der Waals surface area contributed by atoms with Crippen molar-refractivity contribution in [2.45, 2.75) is 49.0 Å². The number of nitro benzene ring substituents is 1. The van der Waals surface area contributed by atoms with Crippen molar-refractivity contribution in [3.05, 3.63) is 34.4 Å². The monoisotopic (exact) mass is 395 g/mol. The maximum absolute atomic E-state index is 12.0. The van der Waals surface area contributed by atoms with Gasteiger partial charge in [0.1, 0.15) is 6.17 Å². The van der Waals surface area contributed by atoms with Crippen molar-refractivity contribution < 1.29 is 9.72 Å².